The van der Waals surface area contributed by atoms with Crippen molar-refractivity contribution in [3.63, 3.8) is 0 Å². The van der Waals surface area contributed by atoms with Crippen LogP contribution in [0.15, 0.2) is 24.3 Å². The Balaban J connectivity index is 2.02. The standard InChI is InChI=1S/C16H23NO2/c1-2-19-15-12-8-7-11-14(15)16(18)17-13-9-5-3-4-6-10-13/h7-8,11-13H,2-6,9-10H2,1H3,(H,17,18). The average molecular weight is 261 g/mol. The minimum Gasteiger partial charge on any atom is -0.493 e. The second-order valence-electron chi connectivity index (χ2n) is 5.09. The number of rotatable bonds is 4. The topological polar surface area (TPSA) is 38.3 Å². The molecule has 3 heteroatoms. The molecule has 1 aliphatic carbocycles. The Labute approximate surface area is 115 Å². The number of hydrogen-bond donors (Lipinski definition) is 1. The predicted molar refractivity (Wildman–Crippen MR) is 76.6 cm³/mol. The summed E-state index contributed by atoms with van der Waals surface area (Å²) in [4.78, 5) is 12.3. The van der Waals surface area contributed by atoms with Crippen LogP contribution in [0.1, 0.15) is 55.8 Å². The minimum atomic E-state index is -0.00375. The number of benzene rings is 1. The van der Waals surface area contributed by atoms with E-state index in [4.69, 9.17) is 4.74 Å². The van der Waals surface area contributed by atoms with E-state index in [1.165, 1.54) is 25.7 Å². The van der Waals surface area contributed by atoms with Gasteiger partial charge in [-0.05, 0) is 31.9 Å². The molecule has 0 aliphatic heterocycles. The molecule has 1 amide bonds. The van der Waals surface area contributed by atoms with E-state index in [0.717, 1.165) is 12.8 Å². The molecule has 0 heterocycles. The van der Waals surface area contributed by atoms with E-state index in [1.807, 2.05) is 31.2 Å². The molecule has 1 aliphatic rings. The second-order valence-corrected chi connectivity index (χ2v) is 5.09. The van der Waals surface area contributed by atoms with Crippen molar-refractivity contribution in [1.82, 2.24) is 5.32 Å². The molecule has 1 saturated carbocycles. The van der Waals surface area contributed by atoms with Crippen molar-refractivity contribution < 1.29 is 9.53 Å². The van der Waals surface area contributed by atoms with Gasteiger partial charge in [-0.25, -0.2) is 0 Å². The van der Waals surface area contributed by atoms with Crippen LogP contribution in [-0.4, -0.2) is 18.6 Å². The molecule has 0 unspecified atom stereocenters. The third kappa shape index (κ3) is 3.98. The molecule has 104 valence electrons. The Bertz CT molecular complexity index is 409. The highest BCUT2D eigenvalue weighted by atomic mass is 16.5. The zero-order valence-corrected chi connectivity index (χ0v) is 11.7. The van der Waals surface area contributed by atoms with Gasteiger partial charge < -0.3 is 10.1 Å². The fourth-order valence-electron chi connectivity index (χ4n) is 2.62. The van der Waals surface area contributed by atoms with Crippen molar-refractivity contribution in [3.05, 3.63) is 29.8 Å². The van der Waals surface area contributed by atoms with Gasteiger partial charge in [-0.3, -0.25) is 4.79 Å². The van der Waals surface area contributed by atoms with Crippen molar-refractivity contribution in [1.29, 1.82) is 0 Å². The molecule has 3 nitrogen and oxygen atoms in total. The molecule has 0 bridgehead atoms. The highest BCUT2D eigenvalue weighted by molar-refractivity contribution is 5.97. The van der Waals surface area contributed by atoms with Crippen molar-refractivity contribution >= 4 is 5.91 Å². The number of carbonyl (C=O) groups excluding carboxylic acids is 1. The van der Waals surface area contributed by atoms with Crippen LogP contribution in [0, 0.1) is 0 Å². The average Bonchev–Trinajstić information content (AvgIpc) is 2.68. The zero-order chi connectivity index (χ0) is 13.5. The van der Waals surface area contributed by atoms with Crippen LogP contribution in [0.5, 0.6) is 5.75 Å². The van der Waals surface area contributed by atoms with Gasteiger partial charge in [0.15, 0.2) is 0 Å². The number of nitrogens with one attached hydrogen (secondary N) is 1. The smallest absolute Gasteiger partial charge is 0.255 e. The third-order valence-corrected chi connectivity index (χ3v) is 3.62. The minimum absolute atomic E-state index is 0.00375. The maximum Gasteiger partial charge on any atom is 0.255 e. The predicted octanol–water partition coefficient (Wildman–Crippen LogP) is 3.54. The number of hydrogen-bond acceptors (Lipinski definition) is 2. The lowest BCUT2D eigenvalue weighted by molar-refractivity contribution is 0.0929. The van der Waals surface area contributed by atoms with Crippen molar-refractivity contribution in [2.75, 3.05) is 6.61 Å². The van der Waals surface area contributed by atoms with Gasteiger partial charge in [-0.1, -0.05) is 37.8 Å². The van der Waals surface area contributed by atoms with Crippen LogP contribution < -0.4 is 10.1 Å². The molecule has 1 aromatic rings. The van der Waals surface area contributed by atoms with E-state index in [1.54, 1.807) is 0 Å². The molecular formula is C16H23NO2. The molecule has 0 saturated heterocycles. The van der Waals surface area contributed by atoms with Crippen LogP contribution in [0.3, 0.4) is 0 Å². The maximum atomic E-state index is 12.3. The summed E-state index contributed by atoms with van der Waals surface area (Å²) in [6.07, 6.45) is 7.23. The van der Waals surface area contributed by atoms with Crippen molar-refractivity contribution in [2.24, 2.45) is 0 Å². The lowest BCUT2D eigenvalue weighted by Crippen LogP contribution is -2.34. The van der Waals surface area contributed by atoms with Gasteiger partial charge in [0, 0.05) is 6.04 Å². The van der Waals surface area contributed by atoms with Crippen molar-refractivity contribution in [3.8, 4) is 5.75 Å². The Morgan fingerprint density at radius 3 is 2.58 bits per heavy atom. The third-order valence-electron chi connectivity index (χ3n) is 3.62. The van der Waals surface area contributed by atoms with Gasteiger partial charge in [-0.15, -0.1) is 0 Å². The normalized spacial score (nSPS) is 16.7. The highest BCUT2D eigenvalue weighted by Crippen LogP contribution is 2.20. The van der Waals surface area contributed by atoms with Gasteiger partial charge in [0.25, 0.3) is 5.91 Å². The van der Waals surface area contributed by atoms with Crippen LogP contribution in [-0.2, 0) is 0 Å². The molecular weight excluding hydrogens is 238 g/mol. The van der Waals surface area contributed by atoms with Gasteiger partial charge >= 0.3 is 0 Å². The van der Waals surface area contributed by atoms with Crippen LogP contribution in [0.4, 0.5) is 0 Å². The van der Waals surface area contributed by atoms with Gasteiger partial charge in [-0.2, -0.15) is 0 Å². The second kappa shape index (κ2) is 7.17. The largest absolute Gasteiger partial charge is 0.493 e. The number of ether oxygens (including phenoxy) is 1. The monoisotopic (exact) mass is 261 g/mol. The van der Waals surface area contributed by atoms with Crippen LogP contribution in [0.25, 0.3) is 0 Å². The molecule has 0 aromatic heterocycles. The Morgan fingerprint density at radius 2 is 1.89 bits per heavy atom. The first kappa shape index (κ1) is 13.9. The molecule has 0 spiro atoms. The van der Waals surface area contributed by atoms with E-state index >= 15 is 0 Å². The number of carbonyl (C=O) groups is 1. The lowest BCUT2D eigenvalue weighted by atomic mass is 10.1. The van der Waals surface area contributed by atoms with E-state index in [0.29, 0.717) is 24.0 Å². The molecule has 2 rings (SSSR count). The quantitative estimate of drug-likeness (QED) is 0.842. The van der Waals surface area contributed by atoms with Gasteiger partial charge in [0.1, 0.15) is 5.75 Å². The van der Waals surface area contributed by atoms with E-state index in [2.05, 4.69) is 5.32 Å². The van der Waals surface area contributed by atoms with E-state index < -0.39 is 0 Å². The van der Waals surface area contributed by atoms with E-state index in [9.17, 15) is 4.79 Å². The zero-order valence-electron chi connectivity index (χ0n) is 11.7. The molecule has 1 fully saturated rings. The summed E-state index contributed by atoms with van der Waals surface area (Å²) in [6.45, 7) is 2.51. The summed E-state index contributed by atoms with van der Waals surface area (Å²) in [5, 5.41) is 3.16. The molecule has 19 heavy (non-hydrogen) atoms. The summed E-state index contributed by atoms with van der Waals surface area (Å²) >= 11 is 0. The molecule has 1 aromatic carbocycles. The first-order valence-corrected chi connectivity index (χ1v) is 7.34. The number of amides is 1. The fourth-order valence-corrected chi connectivity index (χ4v) is 2.62. The molecule has 0 atom stereocenters. The number of para-hydroxylation sites is 1. The summed E-state index contributed by atoms with van der Waals surface area (Å²) in [6, 6.07) is 7.78. The molecule has 1 N–H and O–H groups in total. The molecule has 0 radical (unpaired) electrons. The highest BCUT2D eigenvalue weighted by Gasteiger charge is 2.17. The summed E-state index contributed by atoms with van der Waals surface area (Å²) in [7, 11) is 0. The Hall–Kier alpha value is -1.51. The van der Waals surface area contributed by atoms with Gasteiger partial charge in [0.05, 0.1) is 12.2 Å². The summed E-state index contributed by atoms with van der Waals surface area (Å²) < 4.78 is 5.51. The SMILES string of the molecule is CCOc1ccccc1C(=O)NC1CCCCCC1. The lowest BCUT2D eigenvalue weighted by Gasteiger charge is -2.17. The first-order valence-electron chi connectivity index (χ1n) is 7.34. The Morgan fingerprint density at radius 1 is 1.21 bits per heavy atom. The fraction of sp³-hybridized carbons (Fsp3) is 0.562. The summed E-state index contributed by atoms with van der Waals surface area (Å²) in [5.74, 6) is 0.673. The Kier molecular flexibility index (Phi) is 5.25. The van der Waals surface area contributed by atoms with Crippen LogP contribution in [0.2, 0.25) is 0 Å². The van der Waals surface area contributed by atoms with Crippen LogP contribution >= 0.6 is 0 Å². The van der Waals surface area contributed by atoms with E-state index in [-0.39, 0.29) is 5.91 Å². The van der Waals surface area contributed by atoms with Crippen molar-refractivity contribution in [2.45, 2.75) is 51.5 Å². The van der Waals surface area contributed by atoms with Gasteiger partial charge in [0.2, 0.25) is 0 Å². The summed E-state index contributed by atoms with van der Waals surface area (Å²) in [5.41, 5.74) is 0.647. The first-order chi connectivity index (χ1) is 9.31. The maximum absolute atomic E-state index is 12.3.